The molecule has 1 aliphatic carbocycles. The molecule has 1 aliphatic heterocycles. The van der Waals surface area contributed by atoms with Gasteiger partial charge in [-0.15, -0.1) is 0 Å². The van der Waals surface area contributed by atoms with Crippen LogP contribution in [-0.2, 0) is 9.53 Å². The number of hydrogen-bond acceptors (Lipinski definition) is 4. The first-order valence-electron chi connectivity index (χ1n) is 7.81. The van der Waals surface area contributed by atoms with Crippen LogP contribution in [0.2, 0.25) is 0 Å². The number of likely N-dealkylation sites (N-methyl/N-ethyl adjacent to an activating group) is 1. The molecule has 1 N–H and O–H groups in total. The lowest BCUT2D eigenvalue weighted by atomic mass is 9.97. The molecule has 0 aromatic rings. The van der Waals surface area contributed by atoms with Crippen molar-refractivity contribution in [3.8, 4) is 0 Å². The molecule has 0 aromatic heterocycles. The monoisotopic (exact) mass is 268 g/mol. The average Bonchev–Trinajstić information content (AvgIpc) is 2.97. The number of hydrogen-bond donors (Lipinski definition) is 1. The van der Waals surface area contributed by atoms with Gasteiger partial charge in [-0.1, -0.05) is 6.92 Å². The zero-order valence-electron chi connectivity index (χ0n) is 12.6. The van der Waals surface area contributed by atoms with Crippen molar-refractivity contribution in [3.63, 3.8) is 0 Å². The van der Waals surface area contributed by atoms with E-state index in [0.717, 1.165) is 25.8 Å². The minimum Gasteiger partial charge on any atom is -0.465 e. The summed E-state index contributed by atoms with van der Waals surface area (Å²) >= 11 is 0. The lowest BCUT2D eigenvalue weighted by molar-refractivity contribution is -0.151. The van der Waals surface area contributed by atoms with Gasteiger partial charge in [-0.25, -0.2) is 0 Å². The molecule has 110 valence electrons. The Morgan fingerprint density at radius 1 is 1.42 bits per heavy atom. The summed E-state index contributed by atoms with van der Waals surface area (Å²) in [6, 6.07) is 1.21. The van der Waals surface area contributed by atoms with E-state index in [1.165, 1.54) is 19.4 Å². The minimum absolute atomic E-state index is 0.0498. The van der Waals surface area contributed by atoms with E-state index >= 15 is 0 Å². The van der Waals surface area contributed by atoms with Crippen molar-refractivity contribution < 1.29 is 9.53 Å². The molecule has 3 unspecified atom stereocenters. The number of nitrogens with zero attached hydrogens (tertiary/aromatic N) is 1. The van der Waals surface area contributed by atoms with Crippen molar-refractivity contribution in [2.75, 3.05) is 19.7 Å². The van der Waals surface area contributed by atoms with Gasteiger partial charge in [0, 0.05) is 12.1 Å². The number of ether oxygens (including phenoxy) is 1. The Bertz CT molecular complexity index is 321. The second-order valence-corrected chi connectivity index (χ2v) is 5.96. The van der Waals surface area contributed by atoms with Gasteiger partial charge in [-0.3, -0.25) is 9.69 Å². The van der Waals surface area contributed by atoms with Crippen LogP contribution >= 0.6 is 0 Å². The summed E-state index contributed by atoms with van der Waals surface area (Å²) in [5.74, 6) is -0.0498. The highest BCUT2D eigenvalue weighted by atomic mass is 16.5. The van der Waals surface area contributed by atoms with Gasteiger partial charge in [-0.2, -0.15) is 0 Å². The number of rotatable bonds is 5. The highest BCUT2D eigenvalue weighted by Gasteiger charge is 2.48. The van der Waals surface area contributed by atoms with E-state index in [-0.39, 0.29) is 5.97 Å². The van der Waals surface area contributed by atoms with E-state index in [1.807, 2.05) is 6.92 Å². The van der Waals surface area contributed by atoms with Gasteiger partial charge in [-0.05, 0) is 59.0 Å². The van der Waals surface area contributed by atoms with E-state index in [4.69, 9.17) is 4.74 Å². The summed E-state index contributed by atoms with van der Waals surface area (Å²) in [6.07, 6.45) is 5.52. The zero-order chi connectivity index (χ0) is 13.9. The Morgan fingerprint density at radius 3 is 2.79 bits per heavy atom. The molecule has 4 nitrogen and oxygen atoms in total. The summed E-state index contributed by atoms with van der Waals surface area (Å²) in [5.41, 5.74) is -0.433. The van der Waals surface area contributed by atoms with Crippen molar-refractivity contribution in [1.82, 2.24) is 10.2 Å². The van der Waals surface area contributed by atoms with Gasteiger partial charge >= 0.3 is 5.97 Å². The van der Waals surface area contributed by atoms with Gasteiger partial charge in [0.05, 0.1) is 6.61 Å². The van der Waals surface area contributed by atoms with Crippen molar-refractivity contribution in [1.29, 1.82) is 0 Å². The van der Waals surface area contributed by atoms with Crippen LogP contribution in [-0.4, -0.2) is 48.2 Å². The number of carbonyl (C=O) groups excluding carboxylic acids is 1. The molecular weight excluding hydrogens is 240 g/mol. The first-order chi connectivity index (χ1) is 9.13. The molecule has 1 heterocycles. The highest BCUT2D eigenvalue weighted by Crippen LogP contribution is 2.37. The van der Waals surface area contributed by atoms with Gasteiger partial charge in [0.1, 0.15) is 5.54 Å². The molecule has 0 aromatic carbocycles. The van der Waals surface area contributed by atoms with Gasteiger partial charge < -0.3 is 10.1 Å². The molecule has 2 aliphatic rings. The summed E-state index contributed by atoms with van der Waals surface area (Å²) in [4.78, 5) is 14.9. The third-order valence-electron chi connectivity index (χ3n) is 4.74. The van der Waals surface area contributed by atoms with E-state index in [1.54, 1.807) is 0 Å². The fourth-order valence-corrected chi connectivity index (χ4v) is 3.83. The van der Waals surface area contributed by atoms with Crippen LogP contribution in [0.25, 0.3) is 0 Å². The summed E-state index contributed by atoms with van der Waals surface area (Å²) in [7, 11) is 0. The average molecular weight is 268 g/mol. The third kappa shape index (κ3) is 2.95. The number of carbonyl (C=O) groups is 1. The number of likely N-dealkylation sites (tertiary alicyclic amines) is 1. The van der Waals surface area contributed by atoms with Crippen LogP contribution < -0.4 is 5.32 Å². The maximum absolute atomic E-state index is 12.3. The third-order valence-corrected chi connectivity index (χ3v) is 4.74. The van der Waals surface area contributed by atoms with E-state index < -0.39 is 5.54 Å². The largest absolute Gasteiger partial charge is 0.465 e. The van der Waals surface area contributed by atoms with Crippen LogP contribution in [0.15, 0.2) is 0 Å². The number of nitrogens with one attached hydrogen (secondary N) is 1. The molecule has 19 heavy (non-hydrogen) atoms. The predicted octanol–water partition coefficient (Wildman–Crippen LogP) is 1.93. The van der Waals surface area contributed by atoms with E-state index in [0.29, 0.717) is 18.7 Å². The van der Waals surface area contributed by atoms with Crippen LogP contribution in [0.3, 0.4) is 0 Å². The molecule has 4 heteroatoms. The highest BCUT2D eigenvalue weighted by molar-refractivity contribution is 5.81. The molecular formula is C15H28N2O2. The normalized spacial score (nSPS) is 35.7. The molecule has 2 fully saturated rings. The van der Waals surface area contributed by atoms with Crippen molar-refractivity contribution >= 4 is 5.97 Å². The van der Waals surface area contributed by atoms with Crippen LogP contribution in [0.5, 0.6) is 0 Å². The summed E-state index contributed by atoms with van der Waals surface area (Å²) in [5, 5.41) is 3.41. The SMILES string of the molecule is CCNC1(C(=O)OCC)CCC(N2CCCC2C)C1. The van der Waals surface area contributed by atoms with Crippen molar-refractivity contribution in [2.45, 2.75) is 70.5 Å². The van der Waals surface area contributed by atoms with Crippen LogP contribution in [0.4, 0.5) is 0 Å². The maximum Gasteiger partial charge on any atom is 0.326 e. The first-order valence-corrected chi connectivity index (χ1v) is 7.81. The molecule has 1 saturated carbocycles. The Kier molecular flexibility index (Phi) is 4.85. The Morgan fingerprint density at radius 2 is 2.21 bits per heavy atom. The minimum atomic E-state index is -0.433. The molecule has 1 saturated heterocycles. The quantitative estimate of drug-likeness (QED) is 0.774. The fourth-order valence-electron chi connectivity index (χ4n) is 3.83. The van der Waals surface area contributed by atoms with Crippen LogP contribution in [0.1, 0.15) is 52.9 Å². The van der Waals surface area contributed by atoms with E-state index in [2.05, 4.69) is 24.1 Å². The van der Waals surface area contributed by atoms with Crippen LogP contribution in [0, 0.1) is 0 Å². The standard InChI is InChI=1S/C15H28N2O2/c1-4-16-15(14(18)19-5-2)9-8-13(11-15)17-10-6-7-12(17)3/h12-13,16H,4-11H2,1-3H3. The van der Waals surface area contributed by atoms with Gasteiger partial charge in [0.25, 0.3) is 0 Å². The molecule has 0 amide bonds. The van der Waals surface area contributed by atoms with Crippen molar-refractivity contribution in [3.05, 3.63) is 0 Å². The Hall–Kier alpha value is -0.610. The summed E-state index contributed by atoms with van der Waals surface area (Å²) in [6.45, 7) is 8.73. The molecule has 0 spiro atoms. The smallest absolute Gasteiger partial charge is 0.326 e. The maximum atomic E-state index is 12.3. The lowest BCUT2D eigenvalue weighted by Crippen LogP contribution is -2.52. The zero-order valence-corrected chi connectivity index (χ0v) is 12.6. The molecule has 0 bridgehead atoms. The Balaban J connectivity index is 2.04. The number of esters is 1. The molecule has 2 rings (SSSR count). The fraction of sp³-hybridized carbons (Fsp3) is 0.933. The topological polar surface area (TPSA) is 41.6 Å². The summed E-state index contributed by atoms with van der Waals surface area (Å²) < 4.78 is 5.30. The van der Waals surface area contributed by atoms with Gasteiger partial charge in [0.15, 0.2) is 0 Å². The molecule has 0 radical (unpaired) electrons. The lowest BCUT2D eigenvalue weighted by Gasteiger charge is -2.31. The Labute approximate surface area is 116 Å². The molecule has 3 atom stereocenters. The second-order valence-electron chi connectivity index (χ2n) is 5.96. The van der Waals surface area contributed by atoms with Gasteiger partial charge in [0.2, 0.25) is 0 Å². The van der Waals surface area contributed by atoms with Crippen molar-refractivity contribution in [2.24, 2.45) is 0 Å². The second kappa shape index (κ2) is 6.23. The predicted molar refractivity (Wildman–Crippen MR) is 76.1 cm³/mol. The van der Waals surface area contributed by atoms with E-state index in [9.17, 15) is 4.79 Å². The first kappa shape index (κ1) is 14.8.